The van der Waals surface area contributed by atoms with Gasteiger partial charge in [0.25, 0.3) is 7.82 Å². The second-order valence-corrected chi connectivity index (χ2v) is 17.1. The van der Waals surface area contributed by atoms with Gasteiger partial charge < -0.3 is 28.8 Å². The van der Waals surface area contributed by atoms with Crippen LogP contribution in [-0.4, -0.2) is 68.5 Å². The van der Waals surface area contributed by atoms with Crippen LogP contribution in [-0.2, 0) is 18.4 Å². The van der Waals surface area contributed by atoms with Crippen molar-refractivity contribution in [2.45, 2.75) is 154 Å². The fraction of sp³-hybridized carbons (Fsp3) is 0.612. The van der Waals surface area contributed by atoms with Crippen LogP contribution in [0.25, 0.3) is 0 Å². The number of nitrogens with zero attached hydrogens (tertiary/aromatic N) is 1. The van der Waals surface area contributed by atoms with Crippen molar-refractivity contribution < 1.29 is 32.9 Å². The number of aliphatic hydroxyl groups is 1. The molecule has 0 saturated carbocycles. The first-order chi connectivity index (χ1) is 28.0. The number of carbonyl (C=O) groups excluding carboxylic acids is 1. The van der Waals surface area contributed by atoms with Gasteiger partial charge in [0.05, 0.1) is 39.9 Å². The Hall–Kier alpha value is -2.84. The van der Waals surface area contributed by atoms with Gasteiger partial charge in [-0.25, -0.2) is 0 Å². The van der Waals surface area contributed by atoms with E-state index in [9.17, 15) is 19.4 Å². The maximum atomic E-state index is 12.8. The third-order valence-corrected chi connectivity index (χ3v) is 9.93. The van der Waals surface area contributed by atoms with Crippen molar-refractivity contribution in [1.29, 1.82) is 0 Å². The molecule has 0 aliphatic heterocycles. The van der Waals surface area contributed by atoms with E-state index in [-0.39, 0.29) is 12.5 Å². The van der Waals surface area contributed by atoms with Gasteiger partial charge in [0.1, 0.15) is 13.2 Å². The molecule has 0 aromatic carbocycles. The molecule has 3 atom stereocenters. The molecule has 0 aromatic heterocycles. The Balaban J connectivity index is 4.34. The first-order valence-corrected chi connectivity index (χ1v) is 23.7. The van der Waals surface area contributed by atoms with Gasteiger partial charge in [-0.3, -0.25) is 9.36 Å². The molecule has 1 amide bonds. The molecule has 3 unspecified atom stereocenters. The van der Waals surface area contributed by atoms with E-state index in [4.69, 9.17) is 9.05 Å². The molecule has 0 aliphatic rings. The Morgan fingerprint density at radius 1 is 0.621 bits per heavy atom. The molecule has 330 valence electrons. The zero-order valence-electron chi connectivity index (χ0n) is 37.2. The van der Waals surface area contributed by atoms with E-state index in [0.29, 0.717) is 17.4 Å². The SMILES string of the molecule is CC/C=C\C/C=C\C/C=C\C/C=C\C/C=C\C/C=C\C/C=C\CCCCCCCC(=O)NC(COP(=O)([O-])OCC[N+](C)(C)C)C(O)/C=C/CC/C=C/CCCCC. The highest BCUT2D eigenvalue weighted by atomic mass is 31.2. The van der Waals surface area contributed by atoms with Crippen molar-refractivity contribution in [2.75, 3.05) is 40.9 Å². The number of likely N-dealkylation sites (N-methyl/N-ethyl adjacent to an activating group) is 1. The summed E-state index contributed by atoms with van der Waals surface area (Å²) in [7, 11) is 1.20. The quantitative estimate of drug-likeness (QED) is 0.0278. The number of allylic oxidation sites excluding steroid dienone is 17. The summed E-state index contributed by atoms with van der Waals surface area (Å²) in [5.74, 6) is -0.236. The number of carbonyl (C=O) groups is 1. The topological polar surface area (TPSA) is 108 Å². The molecule has 58 heavy (non-hydrogen) atoms. The van der Waals surface area contributed by atoms with E-state index in [1.807, 2.05) is 27.2 Å². The smallest absolute Gasteiger partial charge is 0.268 e. The van der Waals surface area contributed by atoms with Crippen LogP contribution in [0.3, 0.4) is 0 Å². The van der Waals surface area contributed by atoms with E-state index in [1.165, 1.54) is 19.3 Å². The van der Waals surface area contributed by atoms with Gasteiger partial charge in [-0.2, -0.15) is 0 Å². The molecule has 0 bridgehead atoms. The van der Waals surface area contributed by atoms with Gasteiger partial charge in [0.15, 0.2) is 0 Å². The predicted molar refractivity (Wildman–Crippen MR) is 246 cm³/mol. The molecule has 0 radical (unpaired) electrons. The first kappa shape index (κ1) is 55.2. The highest BCUT2D eigenvalue weighted by Gasteiger charge is 2.23. The zero-order chi connectivity index (χ0) is 42.8. The second kappa shape index (κ2) is 39.6. The number of unbranched alkanes of at least 4 members (excludes halogenated alkanes) is 9. The number of hydrogen-bond donors (Lipinski definition) is 2. The summed E-state index contributed by atoms with van der Waals surface area (Å²) < 4.78 is 23.1. The average Bonchev–Trinajstić information content (AvgIpc) is 3.17. The van der Waals surface area contributed by atoms with Crippen LogP contribution >= 0.6 is 7.82 Å². The predicted octanol–water partition coefficient (Wildman–Crippen LogP) is 11.9. The molecular formula is C49H83N2O6P. The average molecular weight is 827 g/mol. The summed E-state index contributed by atoms with van der Waals surface area (Å²) in [5.41, 5.74) is 0. The largest absolute Gasteiger partial charge is 0.756 e. The van der Waals surface area contributed by atoms with Crippen LogP contribution in [0.2, 0.25) is 0 Å². The number of phosphoric ester groups is 1. The second-order valence-electron chi connectivity index (χ2n) is 15.7. The molecular weight excluding hydrogens is 744 g/mol. The van der Waals surface area contributed by atoms with Crippen molar-refractivity contribution in [2.24, 2.45) is 0 Å². The minimum atomic E-state index is -4.60. The number of aliphatic hydroxyl groups excluding tert-OH is 1. The van der Waals surface area contributed by atoms with Crippen LogP contribution in [0.5, 0.6) is 0 Å². The lowest BCUT2D eigenvalue weighted by Crippen LogP contribution is -2.45. The lowest BCUT2D eigenvalue weighted by atomic mass is 10.1. The monoisotopic (exact) mass is 827 g/mol. The van der Waals surface area contributed by atoms with E-state index in [0.717, 1.165) is 103 Å². The summed E-state index contributed by atoms with van der Waals surface area (Å²) >= 11 is 0. The molecule has 0 fully saturated rings. The number of rotatable bonds is 38. The molecule has 9 heteroatoms. The standard InChI is InChI=1S/C49H83N2O6P/c1-6-8-10-12-14-16-17-18-19-20-21-22-23-24-25-26-27-28-29-30-31-32-33-35-37-39-41-43-49(53)50-47(46-57-58(54,55)56-45-44-51(3,4)5)48(52)42-40-38-36-34-15-13-11-9-7-2/h8,10,14-16,18-19,21-22,24-25,27-28,30-31,34,40,42,47-48,52H,6-7,9,11-13,17,20,23,26,29,32-33,35-39,41,43-46H2,1-5H3,(H-,50,53,54,55)/b10-8-,16-14-,19-18-,22-21-,25-24-,28-27-,31-30-,34-15+,42-40+. The molecule has 2 N–H and O–H groups in total. The number of hydrogen-bond acceptors (Lipinski definition) is 6. The van der Waals surface area contributed by atoms with Gasteiger partial charge in [0, 0.05) is 6.42 Å². The molecule has 0 aromatic rings. The van der Waals surface area contributed by atoms with Crippen molar-refractivity contribution in [3.05, 3.63) is 109 Å². The summed E-state index contributed by atoms with van der Waals surface area (Å²) in [6, 6.07) is -0.919. The number of quaternary nitrogens is 1. The third kappa shape index (κ3) is 41.3. The highest BCUT2D eigenvalue weighted by molar-refractivity contribution is 7.45. The van der Waals surface area contributed by atoms with Crippen LogP contribution in [0.4, 0.5) is 0 Å². The first-order valence-electron chi connectivity index (χ1n) is 22.2. The molecule has 8 nitrogen and oxygen atoms in total. The van der Waals surface area contributed by atoms with Gasteiger partial charge in [-0.15, -0.1) is 0 Å². The van der Waals surface area contributed by atoms with E-state index >= 15 is 0 Å². The highest BCUT2D eigenvalue weighted by Crippen LogP contribution is 2.38. The Morgan fingerprint density at radius 3 is 1.60 bits per heavy atom. The summed E-state index contributed by atoms with van der Waals surface area (Å²) in [5, 5.41) is 13.7. The van der Waals surface area contributed by atoms with E-state index in [2.05, 4.69) is 116 Å². The molecule has 0 saturated heterocycles. The van der Waals surface area contributed by atoms with Gasteiger partial charge in [-0.1, -0.05) is 155 Å². The summed E-state index contributed by atoms with van der Waals surface area (Å²) in [6.45, 7) is 4.40. The summed E-state index contributed by atoms with van der Waals surface area (Å²) in [6.07, 6.45) is 57.2. The maximum absolute atomic E-state index is 12.8. The van der Waals surface area contributed by atoms with Crippen molar-refractivity contribution in [3.63, 3.8) is 0 Å². The van der Waals surface area contributed by atoms with Crippen molar-refractivity contribution in [3.8, 4) is 0 Å². The minimum Gasteiger partial charge on any atom is -0.756 e. The fourth-order valence-electron chi connectivity index (χ4n) is 5.44. The zero-order valence-corrected chi connectivity index (χ0v) is 38.1. The Labute approximate surface area is 355 Å². The molecule has 0 rings (SSSR count). The molecule has 0 aliphatic carbocycles. The Kier molecular flexibility index (Phi) is 37.7. The minimum absolute atomic E-state index is 0.0175. The number of phosphoric acid groups is 1. The van der Waals surface area contributed by atoms with Gasteiger partial charge in [-0.05, 0) is 89.9 Å². The molecule has 0 spiro atoms. The van der Waals surface area contributed by atoms with E-state index in [1.54, 1.807) is 6.08 Å². The van der Waals surface area contributed by atoms with Crippen LogP contribution in [0.15, 0.2) is 109 Å². The van der Waals surface area contributed by atoms with Crippen molar-refractivity contribution >= 4 is 13.7 Å². The molecule has 0 heterocycles. The van der Waals surface area contributed by atoms with Crippen LogP contribution in [0.1, 0.15) is 142 Å². The number of nitrogens with one attached hydrogen (secondary N) is 1. The summed E-state index contributed by atoms with van der Waals surface area (Å²) in [4.78, 5) is 25.2. The normalized spacial score (nSPS) is 15.4. The van der Waals surface area contributed by atoms with Gasteiger partial charge in [0.2, 0.25) is 5.91 Å². The van der Waals surface area contributed by atoms with Crippen molar-refractivity contribution in [1.82, 2.24) is 5.32 Å². The van der Waals surface area contributed by atoms with Gasteiger partial charge >= 0.3 is 0 Å². The third-order valence-electron chi connectivity index (χ3n) is 8.97. The Morgan fingerprint density at radius 2 is 1.07 bits per heavy atom. The fourth-order valence-corrected chi connectivity index (χ4v) is 6.16. The number of amides is 1. The van der Waals surface area contributed by atoms with Crippen LogP contribution in [0, 0.1) is 0 Å². The Bertz CT molecular complexity index is 1300. The van der Waals surface area contributed by atoms with E-state index < -0.39 is 26.6 Å². The van der Waals surface area contributed by atoms with Crippen LogP contribution < -0.4 is 10.2 Å². The lowest BCUT2D eigenvalue weighted by molar-refractivity contribution is -0.870. The lowest BCUT2D eigenvalue weighted by Gasteiger charge is -2.29. The maximum Gasteiger partial charge on any atom is 0.268 e.